The summed E-state index contributed by atoms with van der Waals surface area (Å²) in [6.07, 6.45) is 1.51. The van der Waals surface area contributed by atoms with Gasteiger partial charge in [-0.3, -0.25) is 15.6 Å². The maximum atomic E-state index is 12.0. The second-order valence-corrected chi connectivity index (χ2v) is 5.25. The fourth-order valence-corrected chi connectivity index (χ4v) is 2.43. The number of pyridine rings is 1. The van der Waals surface area contributed by atoms with Gasteiger partial charge >= 0.3 is 0 Å². The van der Waals surface area contributed by atoms with Gasteiger partial charge in [-0.25, -0.2) is 0 Å². The Kier molecular flexibility index (Phi) is 4.56. The standard InChI is InChI=1S/C12H10ClIN4O/c13-7-1-2-10(9(14)5-7)17-12(19)11-6-8(18-15)3-4-16-11/h1-6H,15H2,(H,16,18)(H,17,19). The SMILES string of the molecule is NNc1ccnc(C(=O)Nc2ccc(Cl)cc2I)c1. The number of hydrazine groups is 1. The summed E-state index contributed by atoms with van der Waals surface area (Å²) in [5.74, 6) is 4.98. The lowest BCUT2D eigenvalue weighted by atomic mass is 10.2. The number of rotatable bonds is 3. The van der Waals surface area contributed by atoms with Crippen molar-refractivity contribution in [1.82, 2.24) is 4.98 Å². The third-order valence-electron chi connectivity index (χ3n) is 2.34. The molecule has 0 radical (unpaired) electrons. The van der Waals surface area contributed by atoms with E-state index in [-0.39, 0.29) is 11.6 Å². The Morgan fingerprint density at radius 1 is 1.32 bits per heavy atom. The van der Waals surface area contributed by atoms with Crippen molar-refractivity contribution in [3.05, 3.63) is 50.8 Å². The molecule has 0 bridgehead atoms. The Labute approximate surface area is 128 Å². The molecule has 0 aliphatic carbocycles. The quantitative estimate of drug-likeness (QED) is 0.429. The maximum absolute atomic E-state index is 12.0. The molecule has 4 N–H and O–H groups in total. The van der Waals surface area contributed by atoms with Crippen LogP contribution in [0.1, 0.15) is 10.5 Å². The normalized spacial score (nSPS) is 10.1. The highest BCUT2D eigenvalue weighted by molar-refractivity contribution is 14.1. The monoisotopic (exact) mass is 388 g/mol. The molecule has 2 rings (SSSR count). The van der Waals surface area contributed by atoms with E-state index in [9.17, 15) is 4.79 Å². The number of nitrogens with two attached hydrogens (primary N) is 1. The van der Waals surface area contributed by atoms with Crippen molar-refractivity contribution < 1.29 is 4.79 Å². The predicted molar refractivity (Wildman–Crippen MR) is 84.2 cm³/mol. The molecule has 1 amide bonds. The molecular formula is C12H10ClIN4O. The maximum Gasteiger partial charge on any atom is 0.274 e. The summed E-state index contributed by atoms with van der Waals surface area (Å²) in [6.45, 7) is 0. The number of nitrogens with zero attached hydrogens (tertiary/aromatic N) is 1. The number of carbonyl (C=O) groups is 1. The highest BCUT2D eigenvalue weighted by atomic mass is 127. The number of hydrogen-bond donors (Lipinski definition) is 3. The third-order valence-corrected chi connectivity index (χ3v) is 3.47. The summed E-state index contributed by atoms with van der Waals surface area (Å²) in [7, 11) is 0. The number of aromatic nitrogens is 1. The number of anilines is 2. The molecule has 2 aromatic rings. The molecule has 0 fully saturated rings. The van der Waals surface area contributed by atoms with Gasteiger partial charge < -0.3 is 10.7 Å². The third kappa shape index (κ3) is 3.55. The van der Waals surface area contributed by atoms with Gasteiger partial charge in [0.2, 0.25) is 0 Å². The van der Waals surface area contributed by atoms with E-state index in [1.54, 1.807) is 30.3 Å². The van der Waals surface area contributed by atoms with Crippen molar-refractivity contribution in [2.45, 2.75) is 0 Å². The van der Waals surface area contributed by atoms with Crippen LogP contribution in [0.25, 0.3) is 0 Å². The minimum atomic E-state index is -0.308. The first-order chi connectivity index (χ1) is 9.10. The molecule has 98 valence electrons. The number of nitrogen functional groups attached to an aromatic ring is 1. The molecule has 0 unspecified atom stereocenters. The molecule has 1 heterocycles. The first kappa shape index (κ1) is 14.0. The van der Waals surface area contributed by atoms with Crippen LogP contribution in [0.15, 0.2) is 36.5 Å². The summed E-state index contributed by atoms with van der Waals surface area (Å²) in [6, 6.07) is 8.46. The van der Waals surface area contributed by atoms with Crippen LogP contribution in [0.2, 0.25) is 5.02 Å². The van der Waals surface area contributed by atoms with Gasteiger partial charge in [-0.2, -0.15) is 0 Å². The van der Waals surface area contributed by atoms with Gasteiger partial charge in [0.1, 0.15) is 5.69 Å². The van der Waals surface area contributed by atoms with Gasteiger partial charge in [-0.1, -0.05) is 11.6 Å². The molecular weight excluding hydrogens is 379 g/mol. The van der Waals surface area contributed by atoms with Crippen LogP contribution in [0.3, 0.4) is 0 Å². The van der Waals surface area contributed by atoms with Gasteiger partial charge in [0.15, 0.2) is 0 Å². The summed E-state index contributed by atoms with van der Waals surface area (Å²) >= 11 is 7.96. The topological polar surface area (TPSA) is 80.0 Å². The predicted octanol–water partition coefficient (Wildman–Crippen LogP) is 2.88. The molecule has 1 aromatic carbocycles. The summed E-state index contributed by atoms with van der Waals surface area (Å²) in [5, 5.41) is 3.39. The molecule has 7 heteroatoms. The van der Waals surface area contributed by atoms with Crippen molar-refractivity contribution >= 4 is 51.5 Å². The van der Waals surface area contributed by atoms with E-state index in [2.05, 4.69) is 38.3 Å². The number of nitrogens with one attached hydrogen (secondary N) is 2. The van der Waals surface area contributed by atoms with Crippen LogP contribution < -0.4 is 16.6 Å². The van der Waals surface area contributed by atoms with Gasteiger partial charge in [0.25, 0.3) is 5.91 Å². The fraction of sp³-hybridized carbons (Fsp3) is 0. The minimum absolute atomic E-state index is 0.279. The highest BCUT2D eigenvalue weighted by Crippen LogP contribution is 2.22. The highest BCUT2D eigenvalue weighted by Gasteiger charge is 2.10. The van der Waals surface area contributed by atoms with Crippen molar-refractivity contribution in [3.8, 4) is 0 Å². The Morgan fingerprint density at radius 3 is 2.79 bits per heavy atom. The zero-order valence-electron chi connectivity index (χ0n) is 9.65. The Morgan fingerprint density at radius 2 is 2.11 bits per heavy atom. The summed E-state index contributed by atoms with van der Waals surface area (Å²) < 4.78 is 0.853. The average Bonchev–Trinajstić information content (AvgIpc) is 2.42. The zero-order chi connectivity index (χ0) is 13.8. The second kappa shape index (κ2) is 6.18. The van der Waals surface area contributed by atoms with Gasteiger partial charge in [-0.05, 0) is 52.9 Å². The van der Waals surface area contributed by atoms with Crippen LogP contribution in [0.4, 0.5) is 11.4 Å². The van der Waals surface area contributed by atoms with E-state index < -0.39 is 0 Å². The molecule has 0 spiro atoms. The van der Waals surface area contributed by atoms with Crippen LogP contribution in [-0.2, 0) is 0 Å². The Hall–Kier alpha value is -1.38. The number of benzene rings is 1. The second-order valence-electron chi connectivity index (χ2n) is 3.65. The largest absolute Gasteiger partial charge is 0.324 e. The molecule has 5 nitrogen and oxygen atoms in total. The molecule has 0 aliphatic heterocycles. The smallest absolute Gasteiger partial charge is 0.274 e. The molecule has 0 aliphatic rings. The lowest BCUT2D eigenvalue weighted by Crippen LogP contribution is -2.15. The van der Waals surface area contributed by atoms with Gasteiger partial charge in [-0.15, -0.1) is 0 Å². The average molecular weight is 389 g/mol. The number of halogens is 2. The van der Waals surface area contributed by atoms with Crippen molar-refractivity contribution in [2.75, 3.05) is 10.7 Å². The number of amides is 1. The number of hydrogen-bond acceptors (Lipinski definition) is 4. The van der Waals surface area contributed by atoms with Crippen molar-refractivity contribution in [3.63, 3.8) is 0 Å². The Bertz CT molecular complexity index is 620. The van der Waals surface area contributed by atoms with Crippen molar-refractivity contribution in [2.24, 2.45) is 5.84 Å². The lowest BCUT2D eigenvalue weighted by Gasteiger charge is -2.08. The van der Waals surface area contributed by atoms with E-state index in [1.165, 1.54) is 6.20 Å². The fourth-order valence-electron chi connectivity index (χ4n) is 1.42. The van der Waals surface area contributed by atoms with Gasteiger partial charge in [0, 0.05) is 14.8 Å². The summed E-state index contributed by atoms with van der Waals surface area (Å²) in [5.41, 5.74) is 4.04. The molecule has 1 aromatic heterocycles. The van der Waals surface area contributed by atoms with Crippen LogP contribution in [0, 0.1) is 3.57 Å². The number of carbonyl (C=O) groups excluding carboxylic acids is 1. The van der Waals surface area contributed by atoms with E-state index in [1.807, 2.05) is 0 Å². The first-order valence-electron chi connectivity index (χ1n) is 5.29. The van der Waals surface area contributed by atoms with Crippen LogP contribution in [-0.4, -0.2) is 10.9 Å². The minimum Gasteiger partial charge on any atom is -0.324 e. The van der Waals surface area contributed by atoms with E-state index >= 15 is 0 Å². The van der Waals surface area contributed by atoms with E-state index in [0.717, 1.165) is 3.57 Å². The zero-order valence-corrected chi connectivity index (χ0v) is 12.6. The van der Waals surface area contributed by atoms with Gasteiger partial charge in [0.05, 0.1) is 11.4 Å². The molecule has 0 saturated heterocycles. The first-order valence-corrected chi connectivity index (χ1v) is 6.75. The van der Waals surface area contributed by atoms with Crippen molar-refractivity contribution in [1.29, 1.82) is 0 Å². The van der Waals surface area contributed by atoms with E-state index in [4.69, 9.17) is 17.4 Å². The molecule has 19 heavy (non-hydrogen) atoms. The van der Waals surface area contributed by atoms with Crippen LogP contribution >= 0.6 is 34.2 Å². The lowest BCUT2D eigenvalue weighted by molar-refractivity contribution is 0.102. The Balaban J connectivity index is 2.20. The van der Waals surface area contributed by atoms with E-state index in [0.29, 0.717) is 16.4 Å². The summed E-state index contributed by atoms with van der Waals surface area (Å²) in [4.78, 5) is 16.0. The van der Waals surface area contributed by atoms with Crippen LogP contribution in [0.5, 0.6) is 0 Å². The molecule has 0 atom stereocenters. The molecule has 0 saturated carbocycles.